The Kier molecular flexibility index (Phi) is 5.53. The Hall–Kier alpha value is -3.22. The van der Waals surface area contributed by atoms with Crippen LogP contribution in [-0.4, -0.2) is 48.1 Å². The lowest BCUT2D eigenvalue weighted by molar-refractivity contribution is -0.141. The summed E-state index contributed by atoms with van der Waals surface area (Å²) in [5, 5.41) is 5.86. The Balaban J connectivity index is 1.65. The molecule has 2 aromatic rings. The Morgan fingerprint density at radius 3 is 2.57 bits per heavy atom. The van der Waals surface area contributed by atoms with E-state index in [-0.39, 0.29) is 30.1 Å². The Morgan fingerprint density at radius 1 is 1.17 bits per heavy atom. The molecule has 4 rings (SSSR count). The molecule has 30 heavy (non-hydrogen) atoms. The van der Waals surface area contributed by atoms with Crippen molar-refractivity contribution < 1.29 is 18.7 Å². The van der Waals surface area contributed by atoms with E-state index >= 15 is 0 Å². The van der Waals surface area contributed by atoms with Gasteiger partial charge in [-0.05, 0) is 25.0 Å². The summed E-state index contributed by atoms with van der Waals surface area (Å²) in [4.78, 5) is 26.9. The minimum Gasteiger partial charge on any atom is -0.496 e. The lowest BCUT2D eigenvalue weighted by Crippen LogP contribution is -2.39. The van der Waals surface area contributed by atoms with Gasteiger partial charge in [0.2, 0.25) is 5.91 Å². The molecular weight excluding hydrogens is 385 g/mol. The van der Waals surface area contributed by atoms with Crippen LogP contribution in [0.15, 0.2) is 53.6 Å². The Bertz CT molecular complexity index is 1000. The summed E-state index contributed by atoms with van der Waals surface area (Å²) in [5.41, 5.74) is 1.66. The summed E-state index contributed by atoms with van der Waals surface area (Å²) >= 11 is 0. The number of hydrogen-bond donors (Lipinski definition) is 0. The maximum absolute atomic E-state index is 14.4. The smallest absolute Gasteiger partial charge is 0.262 e. The number of methoxy groups -OCH3 is 1. The number of amides is 2. The van der Waals surface area contributed by atoms with E-state index in [0.717, 1.165) is 18.4 Å². The fraction of sp³-hybridized carbons (Fsp3) is 0.348. The van der Waals surface area contributed by atoms with Crippen LogP contribution in [-0.2, 0) is 9.59 Å². The Labute approximate surface area is 174 Å². The molecule has 1 heterocycles. The molecule has 156 valence electrons. The van der Waals surface area contributed by atoms with Gasteiger partial charge < -0.3 is 9.64 Å². The van der Waals surface area contributed by atoms with Crippen LogP contribution in [0.25, 0.3) is 0 Å². The molecule has 2 amide bonds. The average Bonchev–Trinajstić information content (AvgIpc) is 3.51. The highest BCUT2D eigenvalue weighted by molar-refractivity contribution is 6.03. The van der Waals surface area contributed by atoms with Crippen molar-refractivity contribution in [3.05, 3.63) is 65.5 Å². The molecule has 0 unspecified atom stereocenters. The van der Waals surface area contributed by atoms with E-state index in [1.165, 1.54) is 16.0 Å². The van der Waals surface area contributed by atoms with Crippen molar-refractivity contribution in [2.24, 2.45) is 11.0 Å². The molecule has 0 aromatic heterocycles. The van der Waals surface area contributed by atoms with E-state index < -0.39 is 6.04 Å². The van der Waals surface area contributed by atoms with E-state index in [1.54, 1.807) is 32.4 Å². The van der Waals surface area contributed by atoms with Crippen LogP contribution in [0.2, 0.25) is 0 Å². The molecule has 0 saturated heterocycles. The zero-order chi connectivity index (χ0) is 21.3. The molecule has 6 nitrogen and oxygen atoms in total. The Morgan fingerprint density at radius 2 is 1.87 bits per heavy atom. The van der Waals surface area contributed by atoms with E-state index in [1.807, 2.05) is 24.3 Å². The summed E-state index contributed by atoms with van der Waals surface area (Å²) < 4.78 is 19.9. The number of carbonyl (C=O) groups is 2. The first-order chi connectivity index (χ1) is 14.5. The quantitative estimate of drug-likeness (QED) is 0.735. The van der Waals surface area contributed by atoms with Gasteiger partial charge in [0.25, 0.3) is 5.91 Å². The first-order valence-electron chi connectivity index (χ1n) is 10.0. The number of para-hydroxylation sites is 1. The number of hydrogen-bond acceptors (Lipinski definition) is 4. The summed E-state index contributed by atoms with van der Waals surface area (Å²) in [7, 11) is 3.20. The first-order valence-corrected chi connectivity index (χ1v) is 10.0. The third-order valence-corrected chi connectivity index (χ3v) is 5.52. The molecule has 7 heteroatoms. The second-order valence-electron chi connectivity index (χ2n) is 7.70. The summed E-state index contributed by atoms with van der Waals surface area (Å²) in [6, 6.07) is 13.4. The van der Waals surface area contributed by atoms with Crippen molar-refractivity contribution in [3.8, 4) is 5.75 Å². The molecule has 0 spiro atoms. The molecule has 0 N–H and O–H groups in total. The van der Waals surface area contributed by atoms with Crippen molar-refractivity contribution in [1.29, 1.82) is 0 Å². The standard InChI is InChI=1S/C23H24FN3O3/c1-26(23(29)15-11-12-15)14-22(28)27-20(17-8-4-6-10-21(17)30-2)13-19(25-27)16-7-3-5-9-18(16)24/h3-10,15,20H,11-14H2,1-2H3/t20-/m1/s1. The van der Waals surface area contributed by atoms with Crippen LogP contribution in [0.4, 0.5) is 4.39 Å². The van der Waals surface area contributed by atoms with Crippen molar-refractivity contribution in [2.75, 3.05) is 20.7 Å². The highest BCUT2D eigenvalue weighted by atomic mass is 19.1. The van der Waals surface area contributed by atoms with Gasteiger partial charge in [-0.25, -0.2) is 9.40 Å². The summed E-state index contributed by atoms with van der Waals surface area (Å²) in [5.74, 6) is -0.0506. The number of carbonyl (C=O) groups excluding carboxylic acids is 2. The van der Waals surface area contributed by atoms with Gasteiger partial charge in [-0.3, -0.25) is 9.59 Å². The van der Waals surface area contributed by atoms with E-state index in [2.05, 4.69) is 5.10 Å². The average molecular weight is 409 g/mol. The molecule has 1 aliphatic carbocycles. The summed E-state index contributed by atoms with van der Waals surface area (Å²) in [6.07, 6.45) is 2.11. The zero-order valence-corrected chi connectivity index (χ0v) is 17.0. The maximum Gasteiger partial charge on any atom is 0.262 e. The number of ether oxygens (including phenoxy) is 1. The fourth-order valence-electron chi connectivity index (χ4n) is 3.78. The summed E-state index contributed by atoms with van der Waals surface area (Å²) in [6.45, 7) is -0.0744. The second kappa shape index (κ2) is 8.26. The third-order valence-electron chi connectivity index (χ3n) is 5.52. The SMILES string of the molecule is COc1ccccc1[C@H]1CC(c2ccccc2F)=NN1C(=O)CN(C)C(=O)C1CC1. The normalized spacial score (nSPS) is 18.2. The second-order valence-corrected chi connectivity index (χ2v) is 7.70. The van der Waals surface area contributed by atoms with E-state index in [4.69, 9.17) is 4.74 Å². The van der Waals surface area contributed by atoms with Crippen molar-refractivity contribution in [3.63, 3.8) is 0 Å². The van der Waals surface area contributed by atoms with Gasteiger partial charge in [0.15, 0.2) is 0 Å². The molecule has 2 aliphatic rings. The van der Waals surface area contributed by atoms with E-state index in [0.29, 0.717) is 23.4 Å². The van der Waals surface area contributed by atoms with Gasteiger partial charge in [0.1, 0.15) is 18.1 Å². The van der Waals surface area contributed by atoms with Crippen molar-refractivity contribution in [2.45, 2.75) is 25.3 Å². The van der Waals surface area contributed by atoms with Gasteiger partial charge >= 0.3 is 0 Å². The van der Waals surface area contributed by atoms with Gasteiger partial charge in [-0.15, -0.1) is 0 Å². The highest BCUT2D eigenvalue weighted by Gasteiger charge is 2.37. The minimum atomic E-state index is -0.437. The monoisotopic (exact) mass is 409 g/mol. The number of hydrazone groups is 1. The first kappa shape index (κ1) is 20.1. The van der Waals surface area contributed by atoms with Gasteiger partial charge in [0, 0.05) is 30.5 Å². The lowest BCUT2D eigenvalue weighted by Gasteiger charge is -2.26. The molecule has 2 aromatic carbocycles. The van der Waals surface area contributed by atoms with Crippen LogP contribution < -0.4 is 4.74 Å². The minimum absolute atomic E-state index is 0.0188. The topological polar surface area (TPSA) is 62.2 Å². The van der Waals surface area contributed by atoms with Crippen LogP contribution in [0, 0.1) is 11.7 Å². The van der Waals surface area contributed by atoms with Crippen molar-refractivity contribution >= 4 is 17.5 Å². The number of halogens is 1. The number of benzene rings is 2. The van der Waals surface area contributed by atoms with Crippen molar-refractivity contribution in [1.82, 2.24) is 9.91 Å². The van der Waals surface area contributed by atoms with Gasteiger partial charge in [-0.2, -0.15) is 5.10 Å². The van der Waals surface area contributed by atoms with Crippen LogP contribution in [0.1, 0.15) is 36.4 Å². The molecule has 0 bridgehead atoms. The highest BCUT2D eigenvalue weighted by Crippen LogP contribution is 2.38. The molecule has 1 atom stereocenters. The molecule has 1 saturated carbocycles. The van der Waals surface area contributed by atoms with Crippen LogP contribution in [0.3, 0.4) is 0 Å². The lowest BCUT2D eigenvalue weighted by atomic mass is 9.97. The fourth-order valence-corrected chi connectivity index (χ4v) is 3.78. The van der Waals surface area contributed by atoms with E-state index in [9.17, 15) is 14.0 Å². The maximum atomic E-state index is 14.4. The number of nitrogens with zero attached hydrogens (tertiary/aromatic N) is 3. The van der Waals surface area contributed by atoms with Crippen LogP contribution in [0.5, 0.6) is 5.75 Å². The largest absolute Gasteiger partial charge is 0.496 e. The molecule has 1 fully saturated rings. The number of likely N-dealkylation sites (N-methyl/N-ethyl adjacent to an activating group) is 1. The molecule has 0 radical (unpaired) electrons. The number of rotatable bonds is 6. The van der Waals surface area contributed by atoms with Gasteiger partial charge in [0.05, 0.1) is 18.9 Å². The zero-order valence-electron chi connectivity index (χ0n) is 17.0. The predicted molar refractivity (Wildman–Crippen MR) is 110 cm³/mol. The molecule has 1 aliphatic heterocycles. The third kappa shape index (κ3) is 3.92. The molecular formula is C23H24FN3O3. The van der Waals surface area contributed by atoms with Gasteiger partial charge in [-0.1, -0.05) is 36.4 Å². The predicted octanol–water partition coefficient (Wildman–Crippen LogP) is 3.38. The van der Waals surface area contributed by atoms with Crippen LogP contribution >= 0.6 is 0 Å².